The van der Waals surface area contributed by atoms with E-state index in [1.54, 1.807) is 5.38 Å². The van der Waals surface area contributed by atoms with Crippen LogP contribution in [0.4, 0.5) is 15.8 Å². The maximum absolute atomic E-state index is 14.9. The molecule has 0 spiro atoms. The molecule has 31 heavy (non-hydrogen) atoms. The summed E-state index contributed by atoms with van der Waals surface area (Å²) in [4.78, 5) is 4.10. The van der Waals surface area contributed by atoms with Crippen molar-refractivity contribution in [1.82, 2.24) is 9.27 Å². The van der Waals surface area contributed by atoms with Crippen LogP contribution in [0.3, 0.4) is 0 Å². The first-order valence-electron chi connectivity index (χ1n) is 10.0. The van der Waals surface area contributed by atoms with Gasteiger partial charge in [0.05, 0.1) is 11.9 Å². The van der Waals surface area contributed by atoms with Gasteiger partial charge in [0.2, 0.25) is 0 Å². The zero-order valence-electron chi connectivity index (χ0n) is 17.5. The van der Waals surface area contributed by atoms with Crippen molar-refractivity contribution in [3.63, 3.8) is 0 Å². The minimum absolute atomic E-state index is 0.235. The molecule has 0 bridgehead atoms. The number of aryl methyl sites for hydroxylation is 1. The maximum Gasteiger partial charge on any atom is 0.264 e. The normalized spacial score (nSPS) is 17.1. The van der Waals surface area contributed by atoms with Gasteiger partial charge in [0.1, 0.15) is 10.7 Å². The highest BCUT2D eigenvalue weighted by Gasteiger charge is 2.28. The molecular weight excluding hydrogens is 435 g/mol. The Morgan fingerprint density at radius 2 is 2.06 bits per heavy atom. The van der Waals surface area contributed by atoms with Crippen LogP contribution in [0.1, 0.15) is 17.5 Å². The summed E-state index contributed by atoms with van der Waals surface area (Å²) in [6, 6.07) is 13.3. The molecule has 0 aliphatic carbocycles. The molecule has 0 unspecified atom stereocenters. The van der Waals surface area contributed by atoms with Gasteiger partial charge >= 0.3 is 0 Å². The molecule has 2 aromatic carbocycles. The molecule has 164 valence electrons. The fraction of sp³-hybridized carbons (Fsp3) is 0.318. The van der Waals surface area contributed by atoms with Gasteiger partial charge in [-0.05, 0) is 48.1 Å². The van der Waals surface area contributed by atoms with Crippen molar-refractivity contribution in [2.24, 2.45) is 0 Å². The molecule has 6 nitrogen and oxygen atoms in total. The van der Waals surface area contributed by atoms with E-state index in [2.05, 4.69) is 31.0 Å². The van der Waals surface area contributed by atoms with Crippen LogP contribution in [0.5, 0.6) is 0 Å². The molecule has 4 rings (SSSR count). The lowest BCUT2D eigenvalue weighted by molar-refractivity contribution is 0.326. The summed E-state index contributed by atoms with van der Waals surface area (Å²) in [6.45, 7) is 4.54. The first-order valence-corrected chi connectivity index (χ1v) is 12.4. The molecule has 1 aromatic heterocycles. The minimum atomic E-state index is -4.03. The standard InChI is InChI=1S/C22H25FN4O2S2/c1-16-10-22(31(28,29)25-18-12-24-30-15-18)20(23)11-21(16)26(2)19-8-9-27(14-19)13-17-6-4-3-5-7-17/h3-7,10-12,15,19,25H,8-9,13-14H2,1-2H3/t19-/m0/s1. The number of benzene rings is 2. The van der Waals surface area contributed by atoms with E-state index in [1.165, 1.54) is 23.9 Å². The van der Waals surface area contributed by atoms with E-state index in [9.17, 15) is 12.8 Å². The Kier molecular flexibility index (Phi) is 6.27. The molecule has 0 saturated carbocycles. The third-order valence-electron chi connectivity index (χ3n) is 5.65. The second kappa shape index (κ2) is 8.94. The van der Waals surface area contributed by atoms with E-state index in [0.717, 1.165) is 37.6 Å². The molecule has 2 heterocycles. The highest BCUT2D eigenvalue weighted by atomic mass is 32.2. The van der Waals surface area contributed by atoms with Crippen LogP contribution in [0, 0.1) is 12.7 Å². The predicted molar refractivity (Wildman–Crippen MR) is 123 cm³/mol. The van der Waals surface area contributed by atoms with Gasteiger partial charge < -0.3 is 4.90 Å². The lowest BCUT2D eigenvalue weighted by atomic mass is 10.1. The van der Waals surface area contributed by atoms with Crippen LogP contribution in [0.15, 0.2) is 58.9 Å². The minimum Gasteiger partial charge on any atom is -0.370 e. The number of nitrogens with one attached hydrogen (secondary N) is 1. The van der Waals surface area contributed by atoms with E-state index in [1.807, 2.05) is 32.2 Å². The van der Waals surface area contributed by atoms with Gasteiger partial charge in [0, 0.05) is 43.8 Å². The average Bonchev–Trinajstić information content (AvgIpc) is 3.41. The third-order valence-corrected chi connectivity index (χ3v) is 7.63. The van der Waals surface area contributed by atoms with E-state index >= 15 is 0 Å². The second-order valence-electron chi connectivity index (χ2n) is 7.86. The van der Waals surface area contributed by atoms with Gasteiger partial charge in [0.15, 0.2) is 0 Å². The summed E-state index contributed by atoms with van der Waals surface area (Å²) < 4.78 is 46.4. The summed E-state index contributed by atoms with van der Waals surface area (Å²) in [5.74, 6) is -0.762. The Hall–Kier alpha value is -2.49. The van der Waals surface area contributed by atoms with Crippen LogP contribution in [-0.4, -0.2) is 43.9 Å². The summed E-state index contributed by atoms with van der Waals surface area (Å²) in [5.41, 5.74) is 3.03. The van der Waals surface area contributed by atoms with Crippen molar-refractivity contribution in [1.29, 1.82) is 0 Å². The van der Waals surface area contributed by atoms with E-state index in [-0.39, 0.29) is 10.9 Å². The number of hydrogen-bond acceptors (Lipinski definition) is 6. The number of aromatic nitrogens is 1. The van der Waals surface area contributed by atoms with Gasteiger partial charge in [-0.3, -0.25) is 9.62 Å². The molecule has 1 saturated heterocycles. The Morgan fingerprint density at radius 1 is 1.29 bits per heavy atom. The highest BCUT2D eigenvalue weighted by Crippen LogP contribution is 2.30. The summed E-state index contributed by atoms with van der Waals surface area (Å²) >= 11 is 1.12. The van der Waals surface area contributed by atoms with Crippen LogP contribution < -0.4 is 9.62 Å². The van der Waals surface area contributed by atoms with Crippen molar-refractivity contribution in [3.05, 3.63) is 71.0 Å². The Morgan fingerprint density at radius 3 is 2.77 bits per heavy atom. The Balaban J connectivity index is 1.49. The fourth-order valence-electron chi connectivity index (χ4n) is 4.01. The Labute approximate surface area is 186 Å². The van der Waals surface area contributed by atoms with Crippen LogP contribution in [0.25, 0.3) is 0 Å². The van der Waals surface area contributed by atoms with E-state index in [0.29, 0.717) is 16.9 Å². The monoisotopic (exact) mass is 460 g/mol. The molecule has 9 heteroatoms. The van der Waals surface area contributed by atoms with Crippen LogP contribution in [0.2, 0.25) is 0 Å². The molecule has 1 N–H and O–H groups in total. The molecule has 0 amide bonds. The molecule has 1 fully saturated rings. The zero-order valence-corrected chi connectivity index (χ0v) is 19.1. The summed E-state index contributed by atoms with van der Waals surface area (Å²) in [5, 5.41) is 1.56. The summed E-state index contributed by atoms with van der Waals surface area (Å²) in [7, 11) is -2.08. The number of hydrogen-bond donors (Lipinski definition) is 1. The van der Waals surface area contributed by atoms with Crippen molar-refractivity contribution < 1.29 is 12.8 Å². The number of likely N-dealkylation sites (N-methyl/N-ethyl adjacent to an activating group) is 1. The quantitative estimate of drug-likeness (QED) is 0.575. The average molecular weight is 461 g/mol. The van der Waals surface area contributed by atoms with Gasteiger partial charge in [-0.1, -0.05) is 30.3 Å². The number of likely N-dealkylation sites (tertiary alicyclic amines) is 1. The third kappa shape index (κ3) is 4.89. The SMILES string of the molecule is Cc1cc(S(=O)(=O)Nc2cnsc2)c(F)cc1N(C)[C@H]1CCN(Cc2ccccc2)C1. The van der Waals surface area contributed by atoms with Crippen LogP contribution in [-0.2, 0) is 16.6 Å². The van der Waals surface area contributed by atoms with Gasteiger partial charge in [-0.15, -0.1) is 0 Å². The fourth-order valence-corrected chi connectivity index (χ4v) is 5.73. The molecule has 1 aliphatic rings. The van der Waals surface area contributed by atoms with Gasteiger partial charge in [-0.25, -0.2) is 12.8 Å². The predicted octanol–water partition coefficient (Wildman–Crippen LogP) is 4.10. The highest BCUT2D eigenvalue weighted by molar-refractivity contribution is 7.92. The number of nitrogens with zero attached hydrogens (tertiary/aromatic N) is 3. The smallest absolute Gasteiger partial charge is 0.264 e. The topological polar surface area (TPSA) is 65.5 Å². The van der Waals surface area contributed by atoms with Gasteiger partial charge in [0.25, 0.3) is 10.0 Å². The van der Waals surface area contributed by atoms with Gasteiger partial charge in [-0.2, -0.15) is 4.37 Å². The number of halogens is 1. The maximum atomic E-state index is 14.9. The zero-order chi connectivity index (χ0) is 22.0. The largest absolute Gasteiger partial charge is 0.370 e. The van der Waals surface area contributed by atoms with Crippen molar-refractivity contribution >= 4 is 32.9 Å². The first kappa shape index (κ1) is 21.7. The Bertz CT molecular complexity index is 1140. The lowest BCUT2D eigenvalue weighted by Gasteiger charge is -2.29. The molecule has 3 aromatic rings. The summed E-state index contributed by atoms with van der Waals surface area (Å²) in [6.07, 6.45) is 2.37. The van der Waals surface area contributed by atoms with Crippen molar-refractivity contribution in [2.75, 3.05) is 29.8 Å². The number of anilines is 2. The van der Waals surface area contributed by atoms with Crippen LogP contribution >= 0.6 is 11.5 Å². The molecule has 0 radical (unpaired) electrons. The number of sulfonamides is 1. The molecule has 1 aliphatic heterocycles. The second-order valence-corrected chi connectivity index (χ2v) is 10.2. The lowest BCUT2D eigenvalue weighted by Crippen LogP contribution is -2.35. The molecular formula is C22H25FN4O2S2. The first-order chi connectivity index (χ1) is 14.8. The number of rotatable bonds is 7. The van der Waals surface area contributed by atoms with E-state index in [4.69, 9.17) is 0 Å². The van der Waals surface area contributed by atoms with Crippen molar-refractivity contribution in [2.45, 2.75) is 30.8 Å². The molecule has 1 atom stereocenters. The van der Waals surface area contributed by atoms with E-state index < -0.39 is 15.8 Å². The van der Waals surface area contributed by atoms with Crippen molar-refractivity contribution in [3.8, 4) is 0 Å².